The Kier molecular flexibility index (Phi) is 5.76. The molecule has 0 aliphatic carbocycles. The second-order valence-electron chi connectivity index (χ2n) is 4.55. The quantitative estimate of drug-likeness (QED) is 0.778. The number of nitrogens with two attached hydrogens (primary N) is 1. The van der Waals surface area contributed by atoms with Gasteiger partial charge in [-0.15, -0.1) is 0 Å². The van der Waals surface area contributed by atoms with E-state index in [9.17, 15) is 5.11 Å². The Morgan fingerprint density at radius 3 is 2.76 bits per heavy atom. The number of aliphatic hydroxyl groups is 1. The van der Waals surface area contributed by atoms with Crippen LogP contribution in [0.1, 0.15) is 31.4 Å². The monoisotopic (exact) mass is 231 g/mol. The highest BCUT2D eigenvalue weighted by Gasteiger charge is 2.03. The third-order valence-corrected chi connectivity index (χ3v) is 2.59. The summed E-state index contributed by atoms with van der Waals surface area (Å²) < 4.78 is 0. The normalized spacial score (nSPS) is 12.1. The second kappa shape index (κ2) is 7.11. The minimum Gasteiger partial charge on any atom is -0.380 e. The van der Waals surface area contributed by atoms with E-state index < -0.39 is 6.10 Å². The first-order chi connectivity index (χ1) is 8.13. The summed E-state index contributed by atoms with van der Waals surface area (Å²) >= 11 is 0. The highest BCUT2D eigenvalue weighted by Crippen LogP contribution is 2.07. The van der Waals surface area contributed by atoms with Crippen LogP contribution in [0.5, 0.6) is 0 Å². The molecule has 0 aliphatic rings. The van der Waals surface area contributed by atoms with Gasteiger partial charge in [-0.25, -0.2) is 0 Å². The van der Waals surface area contributed by atoms with Crippen molar-refractivity contribution in [2.75, 3.05) is 6.54 Å². The van der Waals surface area contributed by atoms with Gasteiger partial charge in [0.2, 0.25) is 0 Å². The van der Waals surface area contributed by atoms with E-state index in [0.29, 0.717) is 6.54 Å². The van der Waals surface area contributed by atoms with Crippen LogP contribution in [0.3, 0.4) is 0 Å². The van der Waals surface area contributed by atoms with Crippen LogP contribution in [-0.4, -0.2) is 17.8 Å². The lowest BCUT2D eigenvalue weighted by Crippen LogP contribution is -2.11. The maximum atomic E-state index is 9.61. The lowest BCUT2D eigenvalue weighted by atomic mass is 10.1. The number of hydrogen-bond donors (Lipinski definition) is 2. The molecule has 2 nitrogen and oxygen atoms in total. The third-order valence-electron chi connectivity index (χ3n) is 2.59. The maximum Gasteiger partial charge on any atom is 0.117 e. The Morgan fingerprint density at radius 2 is 2.12 bits per heavy atom. The van der Waals surface area contributed by atoms with Gasteiger partial charge in [-0.2, -0.15) is 0 Å². The van der Waals surface area contributed by atoms with Gasteiger partial charge < -0.3 is 10.8 Å². The minimum absolute atomic E-state index is 0.169. The molecule has 0 heterocycles. The van der Waals surface area contributed by atoms with Gasteiger partial charge in [-0.05, 0) is 43.0 Å². The van der Waals surface area contributed by atoms with Crippen molar-refractivity contribution in [2.24, 2.45) is 11.7 Å². The van der Waals surface area contributed by atoms with Crippen molar-refractivity contribution in [3.63, 3.8) is 0 Å². The summed E-state index contributed by atoms with van der Waals surface area (Å²) in [7, 11) is 0. The predicted molar refractivity (Wildman–Crippen MR) is 71.5 cm³/mol. The molecule has 0 amide bonds. The summed E-state index contributed by atoms with van der Waals surface area (Å²) in [6.07, 6.45) is 1.42. The molecule has 0 spiro atoms. The standard InChI is InChI=1S/C15H21NO/c1-12(2)15(17)9-8-14-6-3-5-13(11-14)7-4-10-16/h3,5-6,11-12,15,17H,4,7,10,16H2,1-2H3. The minimum atomic E-state index is -0.553. The molecule has 2 heteroatoms. The zero-order chi connectivity index (χ0) is 12.7. The molecule has 1 aromatic rings. The second-order valence-corrected chi connectivity index (χ2v) is 4.55. The number of aliphatic hydroxyl groups excluding tert-OH is 1. The van der Waals surface area contributed by atoms with Crippen molar-refractivity contribution in [3.05, 3.63) is 35.4 Å². The Bertz CT molecular complexity index is 401. The van der Waals surface area contributed by atoms with Crippen LogP contribution < -0.4 is 5.73 Å². The van der Waals surface area contributed by atoms with Crippen molar-refractivity contribution in [1.82, 2.24) is 0 Å². The van der Waals surface area contributed by atoms with Gasteiger partial charge in [0.15, 0.2) is 0 Å². The van der Waals surface area contributed by atoms with Crippen LogP contribution in [-0.2, 0) is 6.42 Å². The zero-order valence-electron chi connectivity index (χ0n) is 10.6. The van der Waals surface area contributed by atoms with Crippen LogP contribution in [0, 0.1) is 17.8 Å². The molecule has 1 rings (SSSR count). The molecule has 1 aromatic carbocycles. The van der Waals surface area contributed by atoms with Crippen LogP contribution in [0.25, 0.3) is 0 Å². The highest BCUT2D eigenvalue weighted by atomic mass is 16.3. The summed E-state index contributed by atoms with van der Waals surface area (Å²) in [5, 5.41) is 9.61. The van der Waals surface area contributed by atoms with E-state index in [-0.39, 0.29) is 5.92 Å². The van der Waals surface area contributed by atoms with Crippen molar-refractivity contribution in [1.29, 1.82) is 0 Å². The van der Waals surface area contributed by atoms with E-state index in [0.717, 1.165) is 18.4 Å². The first-order valence-corrected chi connectivity index (χ1v) is 6.12. The lowest BCUT2D eigenvalue weighted by Gasteiger charge is -2.05. The summed E-state index contributed by atoms with van der Waals surface area (Å²) in [5.41, 5.74) is 7.69. The Morgan fingerprint density at radius 1 is 1.35 bits per heavy atom. The molecule has 17 heavy (non-hydrogen) atoms. The average Bonchev–Trinajstić information content (AvgIpc) is 2.33. The van der Waals surface area contributed by atoms with E-state index in [2.05, 4.69) is 24.0 Å². The largest absolute Gasteiger partial charge is 0.380 e. The number of aryl methyl sites for hydroxylation is 1. The fraction of sp³-hybridized carbons (Fsp3) is 0.467. The average molecular weight is 231 g/mol. The van der Waals surface area contributed by atoms with Gasteiger partial charge >= 0.3 is 0 Å². The fourth-order valence-electron chi connectivity index (χ4n) is 1.43. The molecule has 0 aromatic heterocycles. The van der Waals surface area contributed by atoms with Gasteiger partial charge in [-0.1, -0.05) is 37.8 Å². The van der Waals surface area contributed by atoms with Crippen molar-refractivity contribution in [2.45, 2.75) is 32.8 Å². The predicted octanol–water partition coefficient (Wildman–Crippen LogP) is 1.95. The van der Waals surface area contributed by atoms with Crippen LogP contribution >= 0.6 is 0 Å². The van der Waals surface area contributed by atoms with Crippen molar-refractivity contribution in [3.8, 4) is 11.8 Å². The zero-order valence-corrected chi connectivity index (χ0v) is 10.6. The molecular formula is C15H21NO. The number of hydrogen-bond acceptors (Lipinski definition) is 2. The lowest BCUT2D eigenvalue weighted by molar-refractivity contribution is 0.181. The fourth-order valence-corrected chi connectivity index (χ4v) is 1.43. The van der Waals surface area contributed by atoms with Gasteiger partial charge in [0.25, 0.3) is 0 Å². The molecular weight excluding hydrogens is 210 g/mol. The van der Waals surface area contributed by atoms with Gasteiger partial charge in [0, 0.05) is 5.56 Å². The summed E-state index contributed by atoms with van der Waals surface area (Å²) in [6.45, 7) is 4.62. The molecule has 0 bridgehead atoms. The SMILES string of the molecule is CC(C)C(O)C#Cc1cccc(CCCN)c1. The molecule has 0 radical (unpaired) electrons. The van der Waals surface area contributed by atoms with Crippen molar-refractivity contribution < 1.29 is 5.11 Å². The highest BCUT2D eigenvalue weighted by molar-refractivity contribution is 5.37. The van der Waals surface area contributed by atoms with E-state index in [1.807, 2.05) is 26.0 Å². The summed E-state index contributed by atoms with van der Waals surface area (Å²) in [4.78, 5) is 0. The first-order valence-electron chi connectivity index (χ1n) is 6.12. The van der Waals surface area contributed by atoms with Crippen LogP contribution in [0.2, 0.25) is 0 Å². The van der Waals surface area contributed by atoms with Crippen molar-refractivity contribution >= 4 is 0 Å². The molecule has 0 fully saturated rings. The van der Waals surface area contributed by atoms with Crippen LogP contribution in [0.4, 0.5) is 0 Å². The van der Waals surface area contributed by atoms with Gasteiger partial charge in [0.05, 0.1) is 0 Å². The van der Waals surface area contributed by atoms with E-state index in [1.165, 1.54) is 5.56 Å². The summed E-state index contributed by atoms with van der Waals surface area (Å²) in [6, 6.07) is 8.11. The van der Waals surface area contributed by atoms with Gasteiger partial charge in [-0.3, -0.25) is 0 Å². The first kappa shape index (κ1) is 13.8. The number of rotatable bonds is 4. The topological polar surface area (TPSA) is 46.2 Å². The molecule has 1 unspecified atom stereocenters. The molecule has 0 aliphatic heterocycles. The smallest absolute Gasteiger partial charge is 0.117 e. The third kappa shape index (κ3) is 5.04. The molecule has 3 N–H and O–H groups in total. The Balaban J connectivity index is 2.71. The molecule has 92 valence electrons. The Labute approximate surface area is 104 Å². The van der Waals surface area contributed by atoms with Gasteiger partial charge in [0.1, 0.15) is 6.10 Å². The Hall–Kier alpha value is -1.30. The van der Waals surface area contributed by atoms with E-state index >= 15 is 0 Å². The maximum absolute atomic E-state index is 9.61. The molecule has 1 atom stereocenters. The van der Waals surface area contributed by atoms with E-state index in [1.54, 1.807) is 0 Å². The van der Waals surface area contributed by atoms with E-state index in [4.69, 9.17) is 5.73 Å². The number of benzene rings is 1. The van der Waals surface area contributed by atoms with Crippen LogP contribution in [0.15, 0.2) is 24.3 Å². The summed E-state index contributed by atoms with van der Waals surface area (Å²) in [5.74, 6) is 6.04. The molecule has 0 saturated carbocycles. The molecule has 0 saturated heterocycles.